The van der Waals surface area contributed by atoms with E-state index in [1.54, 1.807) is 14.2 Å². The molecule has 2 rings (SSSR count). The fraction of sp³-hybridized carbons (Fsp3) is 0.548. The lowest BCUT2D eigenvalue weighted by Gasteiger charge is -2.14. The molecule has 0 radical (unpaired) electrons. The molecule has 0 aliphatic heterocycles. The summed E-state index contributed by atoms with van der Waals surface area (Å²) < 4.78 is 11.2. The van der Waals surface area contributed by atoms with Crippen molar-refractivity contribution in [3.8, 4) is 11.5 Å². The highest BCUT2D eigenvalue weighted by molar-refractivity contribution is 6.11. The lowest BCUT2D eigenvalue weighted by molar-refractivity contribution is -0.118. The normalized spacial score (nSPS) is 10.8. The van der Waals surface area contributed by atoms with Crippen molar-refractivity contribution in [2.24, 2.45) is 5.73 Å². The predicted molar refractivity (Wildman–Crippen MR) is 147 cm³/mol. The summed E-state index contributed by atoms with van der Waals surface area (Å²) in [7, 11) is 3.27. The third-order valence-electron chi connectivity index (χ3n) is 6.75. The Kier molecular flexibility index (Phi) is 14.4. The summed E-state index contributed by atoms with van der Waals surface area (Å²) in [5.74, 6) is 1.12. The minimum Gasteiger partial charge on any atom is -0.496 e. The molecule has 0 spiro atoms. The molecule has 0 atom stereocenters. The van der Waals surface area contributed by atoms with Crippen LogP contribution in [0.1, 0.15) is 111 Å². The van der Waals surface area contributed by atoms with Crippen LogP contribution in [-0.2, 0) is 11.2 Å². The number of hydrogen-bond donors (Lipinski definition) is 1. The zero-order chi connectivity index (χ0) is 26.0. The van der Waals surface area contributed by atoms with Crippen molar-refractivity contribution in [2.45, 2.75) is 96.3 Å². The van der Waals surface area contributed by atoms with Crippen LogP contribution in [0.2, 0.25) is 0 Å². The number of aryl methyl sites for hydroxylation is 1. The third kappa shape index (κ3) is 10.8. The predicted octanol–water partition coefficient (Wildman–Crippen LogP) is 7.42. The second-order valence-electron chi connectivity index (χ2n) is 9.62. The fourth-order valence-corrected chi connectivity index (χ4v) is 4.64. The first-order valence-corrected chi connectivity index (χ1v) is 13.7. The Morgan fingerprint density at radius 1 is 0.667 bits per heavy atom. The van der Waals surface area contributed by atoms with Crippen molar-refractivity contribution in [3.05, 3.63) is 59.2 Å². The van der Waals surface area contributed by atoms with Gasteiger partial charge in [-0.25, -0.2) is 0 Å². The highest BCUT2D eigenvalue weighted by atomic mass is 16.5. The van der Waals surface area contributed by atoms with E-state index in [0.29, 0.717) is 23.3 Å². The van der Waals surface area contributed by atoms with E-state index < -0.39 is 0 Å². The summed E-state index contributed by atoms with van der Waals surface area (Å²) in [5, 5.41) is 0. The Hall–Kier alpha value is -2.82. The lowest BCUT2D eigenvalue weighted by Crippen LogP contribution is -2.09. The number of rotatable bonds is 20. The monoisotopic (exact) mass is 495 g/mol. The maximum absolute atomic E-state index is 13.0. The third-order valence-corrected chi connectivity index (χ3v) is 6.75. The van der Waals surface area contributed by atoms with Crippen LogP contribution in [0.15, 0.2) is 42.5 Å². The zero-order valence-electron chi connectivity index (χ0n) is 22.4. The number of amides is 1. The number of nitrogens with two attached hydrogens (primary N) is 1. The molecular formula is C31H45NO4. The summed E-state index contributed by atoms with van der Waals surface area (Å²) >= 11 is 0. The molecule has 36 heavy (non-hydrogen) atoms. The van der Waals surface area contributed by atoms with Crippen LogP contribution in [0.5, 0.6) is 11.5 Å². The van der Waals surface area contributed by atoms with Gasteiger partial charge in [-0.15, -0.1) is 0 Å². The van der Waals surface area contributed by atoms with E-state index in [0.717, 1.165) is 37.0 Å². The molecule has 1 amide bonds. The number of ketones is 1. The molecule has 2 aromatic carbocycles. The lowest BCUT2D eigenvalue weighted by atomic mass is 9.97. The highest BCUT2D eigenvalue weighted by Gasteiger charge is 2.18. The van der Waals surface area contributed by atoms with E-state index in [9.17, 15) is 9.59 Å². The van der Waals surface area contributed by atoms with Crippen molar-refractivity contribution < 1.29 is 19.1 Å². The van der Waals surface area contributed by atoms with E-state index in [1.807, 2.05) is 42.5 Å². The van der Waals surface area contributed by atoms with Gasteiger partial charge in [0.25, 0.3) is 0 Å². The number of unbranched alkanes of at least 4 members (excludes halogenated alkanes) is 12. The van der Waals surface area contributed by atoms with E-state index in [2.05, 4.69) is 0 Å². The number of carbonyl (C=O) groups is 2. The molecule has 0 bridgehead atoms. The fourth-order valence-electron chi connectivity index (χ4n) is 4.64. The molecule has 0 heterocycles. The molecule has 5 nitrogen and oxygen atoms in total. The van der Waals surface area contributed by atoms with Gasteiger partial charge in [-0.3, -0.25) is 9.59 Å². The number of primary amides is 1. The summed E-state index contributed by atoms with van der Waals surface area (Å²) in [6.45, 7) is 0. The Balaban J connectivity index is 1.63. The van der Waals surface area contributed by atoms with Gasteiger partial charge in [-0.2, -0.15) is 0 Å². The first-order valence-electron chi connectivity index (χ1n) is 13.7. The Morgan fingerprint density at radius 2 is 1.17 bits per heavy atom. The molecule has 0 saturated carbocycles. The maximum atomic E-state index is 13.0. The standard InChI is InChI=1S/C31H45NO4/c1-35-28-24-27(31(34)25-19-16-14-17-20-25)29(36-2)23-26(28)21-15-12-10-8-6-4-3-5-7-9-11-13-18-22-30(32)33/h14,16-17,19-20,23-24H,3-13,15,18,21-22H2,1-2H3,(H2,32,33). The van der Waals surface area contributed by atoms with Gasteiger partial charge in [0, 0.05) is 12.0 Å². The van der Waals surface area contributed by atoms with E-state index in [4.69, 9.17) is 15.2 Å². The van der Waals surface area contributed by atoms with Crippen LogP contribution in [0, 0.1) is 0 Å². The summed E-state index contributed by atoms with van der Waals surface area (Å²) in [4.78, 5) is 23.7. The van der Waals surface area contributed by atoms with Gasteiger partial charge in [-0.1, -0.05) is 101 Å². The van der Waals surface area contributed by atoms with Gasteiger partial charge in [0.1, 0.15) is 11.5 Å². The van der Waals surface area contributed by atoms with Gasteiger partial charge < -0.3 is 15.2 Å². The molecule has 5 heteroatoms. The zero-order valence-corrected chi connectivity index (χ0v) is 22.4. The van der Waals surface area contributed by atoms with Crippen molar-refractivity contribution >= 4 is 11.7 Å². The number of benzene rings is 2. The second kappa shape index (κ2) is 17.6. The Morgan fingerprint density at radius 3 is 1.67 bits per heavy atom. The molecule has 0 aliphatic rings. The van der Waals surface area contributed by atoms with E-state index >= 15 is 0 Å². The van der Waals surface area contributed by atoms with E-state index in [-0.39, 0.29) is 11.7 Å². The largest absolute Gasteiger partial charge is 0.496 e. The quantitative estimate of drug-likeness (QED) is 0.153. The molecule has 0 aliphatic carbocycles. The van der Waals surface area contributed by atoms with Gasteiger partial charge in [-0.05, 0) is 37.0 Å². The summed E-state index contributed by atoms with van der Waals surface area (Å²) in [6.07, 6.45) is 17.4. The number of methoxy groups -OCH3 is 2. The molecule has 0 unspecified atom stereocenters. The van der Waals surface area contributed by atoms with E-state index in [1.165, 1.54) is 64.2 Å². The maximum Gasteiger partial charge on any atom is 0.217 e. The molecule has 2 N–H and O–H groups in total. The molecular weight excluding hydrogens is 450 g/mol. The summed E-state index contributed by atoms with van der Waals surface area (Å²) in [6, 6.07) is 13.1. The molecule has 198 valence electrons. The smallest absolute Gasteiger partial charge is 0.217 e. The minimum atomic E-state index is -0.180. The van der Waals surface area contributed by atoms with Crippen LogP contribution in [0.4, 0.5) is 0 Å². The highest BCUT2D eigenvalue weighted by Crippen LogP contribution is 2.32. The first-order chi connectivity index (χ1) is 17.6. The van der Waals surface area contributed by atoms with Crippen LogP contribution in [-0.4, -0.2) is 25.9 Å². The van der Waals surface area contributed by atoms with Crippen LogP contribution < -0.4 is 15.2 Å². The second-order valence-corrected chi connectivity index (χ2v) is 9.62. The Labute approximate surface area is 217 Å². The molecule has 0 saturated heterocycles. The number of hydrogen-bond acceptors (Lipinski definition) is 4. The SMILES string of the molecule is COc1cc(C(=O)c2ccccc2)c(OC)cc1CCCCCCCCCCCCCCCC(N)=O. The van der Waals surface area contributed by atoms with Crippen LogP contribution in [0.3, 0.4) is 0 Å². The van der Waals surface area contributed by atoms with Crippen LogP contribution in [0.25, 0.3) is 0 Å². The van der Waals surface area contributed by atoms with Crippen molar-refractivity contribution in [3.63, 3.8) is 0 Å². The molecule has 2 aromatic rings. The first kappa shape index (κ1) is 29.4. The number of carbonyl (C=O) groups excluding carboxylic acids is 2. The van der Waals surface area contributed by atoms with Gasteiger partial charge in [0.15, 0.2) is 5.78 Å². The van der Waals surface area contributed by atoms with Gasteiger partial charge in [0.05, 0.1) is 19.8 Å². The average Bonchev–Trinajstić information content (AvgIpc) is 2.90. The van der Waals surface area contributed by atoms with Crippen LogP contribution >= 0.6 is 0 Å². The van der Waals surface area contributed by atoms with Crippen molar-refractivity contribution in [1.82, 2.24) is 0 Å². The Bertz CT molecular complexity index is 910. The molecule has 0 aromatic heterocycles. The summed E-state index contributed by atoms with van der Waals surface area (Å²) in [5.41, 5.74) is 7.43. The van der Waals surface area contributed by atoms with Crippen molar-refractivity contribution in [2.75, 3.05) is 14.2 Å². The van der Waals surface area contributed by atoms with Gasteiger partial charge >= 0.3 is 0 Å². The number of ether oxygens (including phenoxy) is 2. The minimum absolute atomic E-state index is 0.0579. The molecule has 0 fully saturated rings. The van der Waals surface area contributed by atoms with Crippen molar-refractivity contribution in [1.29, 1.82) is 0 Å². The van der Waals surface area contributed by atoms with Gasteiger partial charge in [0.2, 0.25) is 5.91 Å². The topological polar surface area (TPSA) is 78.6 Å². The average molecular weight is 496 g/mol.